The summed E-state index contributed by atoms with van der Waals surface area (Å²) in [5, 5.41) is 12.0. The minimum atomic E-state index is -1.04. The Balaban J connectivity index is 1.89. The lowest BCUT2D eigenvalue weighted by atomic mass is 9.86. The molecule has 0 radical (unpaired) electrons. The second-order valence-corrected chi connectivity index (χ2v) is 6.00. The van der Waals surface area contributed by atoms with E-state index < -0.39 is 5.97 Å². The zero-order valence-electron chi connectivity index (χ0n) is 11.9. The summed E-state index contributed by atoms with van der Waals surface area (Å²) in [6.07, 6.45) is 7.60. The maximum absolute atomic E-state index is 12.0. The van der Waals surface area contributed by atoms with Crippen molar-refractivity contribution in [1.29, 1.82) is 0 Å². The van der Waals surface area contributed by atoms with Gasteiger partial charge in [-0.1, -0.05) is 43.7 Å². The molecule has 0 saturated heterocycles. The highest BCUT2D eigenvalue weighted by atomic mass is 35.5. The molecule has 1 saturated carbocycles. The van der Waals surface area contributed by atoms with E-state index in [0.29, 0.717) is 23.0 Å². The van der Waals surface area contributed by atoms with E-state index in [2.05, 4.69) is 5.32 Å². The molecular formula is C16H20ClNO3. The van der Waals surface area contributed by atoms with Crippen LogP contribution in [0.3, 0.4) is 0 Å². The van der Waals surface area contributed by atoms with E-state index in [4.69, 9.17) is 16.7 Å². The highest BCUT2D eigenvalue weighted by Crippen LogP contribution is 2.28. The van der Waals surface area contributed by atoms with Gasteiger partial charge >= 0.3 is 5.97 Å². The zero-order chi connectivity index (χ0) is 15.2. The van der Waals surface area contributed by atoms with Crippen molar-refractivity contribution in [3.05, 3.63) is 28.8 Å². The van der Waals surface area contributed by atoms with Crippen molar-refractivity contribution in [2.75, 3.05) is 5.32 Å². The minimum Gasteiger partial charge on any atom is -0.478 e. The van der Waals surface area contributed by atoms with Crippen molar-refractivity contribution in [2.45, 2.75) is 44.9 Å². The van der Waals surface area contributed by atoms with Gasteiger partial charge in [-0.05, 0) is 30.5 Å². The van der Waals surface area contributed by atoms with Crippen LogP contribution in [0.5, 0.6) is 0 Å². The summed E-state index contributed by atoms with van der Waals surface area (Å²) in [5.41, 5.74) is 0.479. The fourth-order valence-corrected chi connectivity index (χ4v) is 2.94. The summed E-state index contributed by atoms with van der Waals surface area (Å²) in [6.45, 7) is 0. The van der Waals surface area contributed by atoms with Crippen LogP contribution in [-0.2, 0) is 4.79 Å². The Morgan fingerprint density at radius 1 is 1.24 bits per heavy atom. The number of aromatic carboxylic acids is 1. The first-order valence-electron chi connectivity index (χ1n) is 7.39. The molecule has 1 amide bonds. The molecule has 1 fully saturated rings. The van der Waals surface area contributed by atoms with Gasteiger partial charge in [0.15, 0.2) is 0 Å². The minimum absolute atomic E-state index is 0.106. The first kappa shape index (κ1) is 15.8. The summed E-state index contributed by atoms with van der Waals surface area (Å²) in [6, 6.07) is 4.30. The number of hydrogen-bond acceptors (Lipinski definition) is 2. The Morgan fingerprint density at radius 3 is 2.62 bits per heavy atom. The third-order valence-electron chi connectivity index (χ3n) is 3.99. The number of carboxylic acid groups (broad SMARTS) is 1. The summed E-state index contributed by atoms with van der Waals surface area (Å²) < 4.78 is 0. The number of carbonyl (C=O) groups excluding carboxylic acids is 1. The monoisotopic (exact) mass is 309 g/mol. The van der Waals surface area contributed by atoms with E-state index in [1.165, 1.54) is 50.3 Å². The van der Waals surface area contributed by atoms with Crippen LogP contribution in [-0.4, -0.2) is 17.0 Å². The van der Waals surface area contributed by atoms with Crippen LogP contribution in [0.1, 0.15) is 55.3 Å². The second-order valence-electron chi connectivity index (χ2n) is 5.59. The zero-order valence-corrected chi connectivity index (χ0v) is 12.7. The molecule has 4 nitrogen and oxygen atoms in total. The first-order chi connectivity index (χ1) is 10.1. The molecule has 2 rings (SSSR count). The van der Waals surface area contributed by atoms with Crippen LogP contribution in [0.4, 0.5) is 5.69 Å². The van der Waals surface area contributed by atoms with Gasteiger partial charge < -0.3 is 10.4 Å². The Labute approximate surface area is 129 Å². The van der Waals surface area contributed by atoms with Crippen molar-refractivity contribution >= 4 is 29.2 Å². The van der Waals surface area contributed by atoms with Gasteiger partial charge in [-0.15, -0.1) is 0 Å². The largest absolute Gasteiger partial charge is 0.478 e. The summed E-state index contributed by atoms with van der Waals surface area (Å²) in [4.78, 5) is 22.9. The molecule has 5 heteroatoms. The van der Waals surface area contributed by atoms with Crippen LogP contribution in [0, 0.1) is 5.92 Å². The van der Waals surface area contributed by atoms with Gasteiger partial charge in [0.2, 0.25) is 5.91 Å². The highest BCUT2D eigenvalue weighted by molar-refractivity contribution is 6.33. The summed E-state index contributed by atoms with van der Waals surface area (Å²) >= 11 is 5.99. The molecule has 0 bridgehead atoms. The highest BCUT2D eigenvalue weighted by Gasteiger charge is 2.15. The number of benzene rings is 1. The molecule has 0 atom stereocenters. The molecule has 0 aromatic heterocycles. The van der Waals surface area contributed by atoms with Crippen LogP contribution in [0.15, 0.2) is 18.2 Å². The Morgan fingerprint density at radius 2 is 1.95 bits per heavy atom. The maximum Gasteiger partial charge on any atom is 0.335 e. The smallest absolute Gasteiger partial charge is 0.335 e. The fourth-order valence-electron chi connectivity index (χ4n) is 2.78. The Kier molecular flexibility index (Phi) is 5.62. The van der Waals surface area contributed by atoms with E-state index in [1.807, 2.05) is 0 Å². The van der Waals surface area contributed by atoms with Gasteiger partial charge in [0.05, 0.1) is 16.3 Å². The number of carbonyl (C=O) groups is 2. The van der Waals surface area contributed by atoms with Crippen molar-refractivity contribution in [3.8, 4) is 0 Å². The topological polar surface area (TPSA) is 66.4 Å². The number of hydrogen-bond donors (Lipinski definition) is 2. The predicted octanol–water partition coefficient (Wildman–Crippen LogP) is 4.34. The normalized spacial score (nSPS) is 15.7. The fraction of sp³-hybridized carbons (Fsp3) is 0.500. The molecule has 114 valence electrons. The maximum atomic E-state index is 12.0. The van der Waals surface area contributed by atoms with Crippen molar-refractivity contribution in [1.82, 2.24) is 0 Å². The first-order valence-corrected chi connectivity index (χ1v) is 7.77. The van der Waals surface area contributed by atoms with Gasteiger partial charge in [-0.25, -0.2) is 4.79 Å². The van der Waals surface area contributed by atoms with Crippen LogP contribution >= 0.6 is 11.6 Å². The van der Waals surface area contributed by atoms with E-state index >= 15 is 0 Å². The number of carboxylic acids is 1. The lowest BCUT2D eigenvalue weighted by Gasteiger charge is -2.21. The molecule has 0 heterocycles. The number of anilines is 1. The van der Waals surface area contributed by atoms with E-state index in [1.54, 1.807) is 0 Å². The lowest BCUT2D eigenvalue weighted by Crippen LogP contribution is -2.15. The second kappa shape index (κ2) is 7.46. The molecule has 21 heavy (non-hydrogen) atoms. The molecule has 1 aromatic rings. The predicted molar refractivity (Wildman–Crippen MR) is 82.9 cm³/mol. The SMILES string of the molecule is O=C(CCC1CCCCC1)Nc1cc(C(=O)O)ccc1Cl. The van der Waals surface area contributed by atoms with Crippen molar-refractivity contribution in [3.63, 3.8) is 0 Å². The molecule has 1 aliphatic carbocycles. The third kappa shape index (κ3) is 4.74. The van der Waals surface area contributed by atoms with Gasteiger partial charge in [0.1, 0.15) is 0 Å². The molecule has 2 N–H and O–H groups in total. The number of amides is 1. The quantitative estimate of drug-likeness (QED) is 0.850. The summed E-state index contributed by atoms with van der Waals surface area (Å²) in [7, 11) is 0. The van der Waals surface area contributed by atoms with E-state index in [-0.39, 0.29) is 11.5 Å². The van der Waals surface area contributed by atoms with Crippen molar-refractivity contribution in [2.24, 2.45) is 5.92 Å². The van der Waals surface area contributed by atoms with Gasteiger partial charge in [0.25, 0.3) is 0 Å². The Hall–Kier alpha value is -1.55. The molecule has 1 aromatic carbocycles. The van der Waals surface area contributed by atoms with Gasteiger partial charge in [0, 0.05) is 6.42 Å². The van der Waals surface area contributed by atoms with E-state index in [9.17, 15) is 9.59 Å². The van der Waals surface area contributed by atoms with Gasteiger partial charge in [-0.3, -0.25) is 4.79 Å². The van der Waals surface area contributed by atoms with Crippen LogP contribution in [0.25, 0.3) is 0 Å². The molecular weight excluding hydrogens is 290 g/mol. The number of halogens is 1. The average molecular weight is 310 g/mol. The van der Waals surface area contributed by atoms with Crippen LogP contribution in [0.2, 0.25) is 5.02 Å². The third-order valence-corrected chi connectivity index (χ3v) is 4.32. The van der Waals surface area contributed by atoms with E-state index in [0.717, 1.165) is 6.42 Å². The number of rotatable bonds is 5. The standard InChI is InChI=1S/C16H20ClNO3/c17-13-8-7-12(16(20)21)10-14(13)18-15(19)9-6-11-4-2-1-3-5-11/h7-8,10-11H,1-6,9H2,(H,18,19)(H,20,21). The van der Waals surface area contributed by atoms with Crippen LogP contribution < -0.4 is 5.32 Å². The molecule has 1 aliphatic rings. The van der Waals surface area contributed by atoms with Crippen molar-refractivity contribution < 1.29 is 14.7 Å². The molecule has 0 unspecified atom stereocenters. The number of nitrogens with one attached hydrogen (secondary N) is 1. The Bertz CT molecular complexity index is 524. The molecule has 0 spiro atoms. The lowest BCUT2D eigenvalue weighted by molar-refractivity contribution is -0.116. The van der Waals surface area contributed by atoms with Gasteiger partial charge in [-0.2, -0.15) is 0 Å². The molecule has 0 aliphatic heterocycles. The summed E-state index contributed by atoms with van der Waals surface area (Å²) in [5.74, 6) is -0.500. The average Bonchev–Trinajstić information content (AvgIpc) is 2.48.